The number of thioether (sulfide) groups is 2. The first-order valence-electron chi connectivity index (χ1n) is 13.2. The van der Waals surface area contributed by atoms with Gasteiger partial charge in [0.1, 0.15) is 5.75 Å². The number of alkyl halides is 2. The van der Waals surface area contributed by atoms with Gasteiger partial charge in [-0.1, -0.05) is 61.6 Å². The topological polar surface area (TPSA) is 139 Å². The Labute approximate surface area is 256 Å². The Hall–Kier alpha value is -2.90. The van der Waals surface area contributed by atoms with E-state index >= 15 is 8.78 Å². The van der Waals surface area contributed by atoms with Crippen LogP contribution in [0, 0.1) is 10.1 Å². The summed E-state index contributed by atoms with van der Waals surface area (Å²) in [6.45, 7) is 2.81. The van der Waals surface area contributed by atoms with Crippen LogP contribution < -0.4 is 4.74 Å². The molecule has 0 amide bonds. The number of hydrogen-bond acceptors (Lipinski definition) is 11. The van der Waals surface area contributed by atoms with Crippen LogP contribution in [0.15, 0.2) is 54.6 Å². The number of esters is 1. The molecule has 0 aliphatic rings. The number of hydrogen-bond donors (Lipinski definition) is 0. The largest absolute Gasteiger partial charge is 0.423 e. The maximum atomic E-state index is 15.6. The molecule has 43 heavy (non-hydrogen) atoms. The number of carbonyl (C=O) groups excluding carboxylic acids is 3. The predicted molar refractivity (Wildman–Crippen MR) is 162 cm³/mol. The third kappa shape index (κ3) is 12.0. The predicted octanol–water partition coefficient (Wildman–Crippen LogP) is 7.61. The highest BCUT2D eigenvalue weighted by Crippen LogP contribution is 2.66. The van der Waals surface area contributed by atoms with Crippen molar-refractivity contribution in [3.05, 3.63) is 75.8 Å². The number of nitro groups is 1. The lowest BCUT2D eigenvalue weighted by atomic mass is 10.1. The number of carbonyl (C=O) groups is 3. The molecule has 15 heteroatoms. The second kappa shape index (κ2) is 18.0. The van der Waals surface area contributed by atoms with Crippen LogP contribution in [0.4, 0.5) is 14.5 Å². The van der Waals surface area contributed by atoms with Crippen LogP contribution >= 0.6 is 31.1 Å². The van der Waals surface area contributed by atoms with Crippen molar-refractivity contribution in [2.75, 3.05) is 24.7 Å². The van der Waals surface area contributed by atoms with Crippen LogP contribution in [-0.2, 0) is 33.7 Å². The fourth-order valence-corrected chi connectivity index (χ4v) is 6.54. The lowest BCUT2D eigenvalue weighted by Gasteiger charge is -2.26. The van der Waals surface area contributed by atoms with Gasteiger partial charge in [-0.15, -0.1) is 0 Å². The molecule has 0 aliphatic carbocycles. The number of rotatable bonds is 18. The third-order valence-electron chi connectivity index (χ3n) is 5.40. The first kappa shape index (κ1) is 36.3. The molecule has 234 valence electrons. The highest BCUT2D eigenvalue weighted by atomic mass is 32.2. The molecule has 0 radical (unpaired) electrons. The van der Waals surface area contributed by atoms with Gasteiger partial charge in [-0.25, -0.2) is 4.79 Å². The van der Waals surface area contributed by atoms with Crippen LogP contribution in [0.2, 0.25) is 0 Å². The van der Waals surface area contributed by atoms with Gasteiger partial charge in [0.15, 0.2) is 10.2 Å². The van der Waals surface area contributed by atoms with Crippen LogP contribution in [0.1, 0.15) is 50.7 Å². The molecule has 0 unspecified atom stereocenters. The Bertz CT molecular complexity index is 1290. The fourth-order valence-electron chi connectivity index (χ4n) is 3.28. The van der Waals surface area contributed by atoms with E-state index in [1.54, 1.807) is 0 Å². The van der Waals surface area contributed by atoms with Crippen molar-refractivity contribution in [1.29, 1.82) is 0 Å². The van der Waals surface area contributed by atoms with Crippen molar-refractivity contribution >= 4 is 59.1 Å². The van der Waals surface area contributed by atoms with Crippen molar-refractivity contribution in [3.8, 4) is 5.75 Å². The van der Waals surface area contributed by atoms with E-state index in [4.69, 9.17) is 13.8 Å². The van der Waals surface area contributed by atoms with Gasteiger partial charge in [-0.05, 0) is 36.6 Å². The summed E-state index contributed by atoms with van der Waals surface area (Å²) in [5.41, 5.74) is -4.56. The van der Waals surface area contributed by atoms with E-state index in [0.717, 1.165) is 41.7 Å². The lowest BCUT2D eigenvalue weighted by Crippen LogP contribution is -2.20. The summed E-state index contributed by atoms with van der Waals surface area (Å²) >= 11 is 1.78. The lowest BCUT2D eigenvalue weighted by molar-refractivity contribution is -0.384. The number of ether oxygens (including phenoxy) is 1. The SMILES string of the molecule is CCCC(=O)SCCOP(=O)(OCCSC(=O)CCC)C(F)(F)c1ccc(/C=C/C(=O)Oc2ccc([N+](=O)[O-])cc2)cc1. The van der Waals surface area contributed by atoms with Gasteiger partial charge in [-0.2, -0.15) is 8.78 Å². The summed E-state index contributed by atoms with van der Waals surface area (Å²) in [6, 6.07) is 9.42. The molecule has 2 aromatic carbocycles. The van der Waals surface area contributed by atoms with E-state index in [-0.39, 0.29) is 33.2 Å². The van der Waals surface area contributed by atoms with E-state index < -0.39 is 42.9 Å². The monoisotopic (exact) mass is 659 g/mol. The van der Waals surface area contributed by atoms with Crippen molar-refractivity contribution in [3.63, 3.8) is 0 Å². The molecule has 0 N–H and O–H groups in total. The zero-order valence-electron chi connectivity index (χ0n) is 23.6. The second-order valence-electron chi connectivity index (χ2n) is 8.77. The van der Waals surface area contributed by atoms with Crippen LogP contribution in [0.25, 0.3) is 6.08 Å². The fraction of sp³-hybridized carbons (Fsp3) is 0.393. The smallest absolute Gasteiger partial charge is 0.404 e. The number of nitrogens with zero attached hydrogens (tertiary/aromatic N) is 1. The van der Waals surface area contributed by atoms with Crippen LogP contribution in [0.5, 0.6) is 5.75 Å². The van der Waals surface area contributed by atoms with Gasteiger partial charge in [0.25, 0.3) is 5.69 Å². The molecular formula is C28H32F2NO9PS2. The molecule has 0 aromatic heterocycles. The normalized spacial score (nSPS) is 11.9. The molecule has 0 saturated heterocycles. The molecule has 0 bridgehead atoms. The maximum absolute atomic E-state index is 15.6. The molecule has 0 saturated carbocycles. The van der Waals surface area contributed by atoms with Crippen LogP contribution in [-0.4, -0.2) is 45.8 Å². The van der Waals surface area contributed by atoms with Gasteiger partial charge < -0.3 is 13.8 Å². The Morgan fingerprint density at radius 3 is 1.88 bits per heavy atom. The Morgan fingerprint density at radius 2 is 1.42 bits per heavy atom. The minimum absolute atomic E-state index is 0.00566. The zero-order valence-corrected chi connectivity index (χ0v) is 26.1. The van der Waals surface area contributed by atoms with Crippen LogP contribution in [0.3, 0.4) is 0 Å². The average molecular weight is 660 g/mol. The summed E-state index contributed by atoms with van der Waals surface area (Å²) in [4.78, 5) is 45.7. The van der Waals surface area contributed by atoms with Crippen molar-refractivity contribution in [2.45, 2.75) is 45.2 Å². The van der Waals surface area contributed by atoms with Gasteiger partial charge >= 0.3 is 19.2 Å². The molecule has 0 aliphatic heterocycles. The van der Waals surface area contributed by atoms with Gasteiger partial charge in [0.2, 0.25) is 0 Å². The number of non-ortho nitro benzene ring substituents is 1. The molecule has 2 aromatic rings. The van der Waals surface area contributed by atoms with E-state index in [1.807, 2.05) is 13.8 Å². The molecule has 10 nitrogen and oxygen atoms in total. The summed E-state index contributed by atoms with van der Waals surface area (Å²) in [7, 11) is -5.11. The maximum Gasteiger partial charge on any atom is 0.404 e. The minimum atomic E-state index is -5.11. The standard InChI is InChI=1S/C28H32F2NO9PS2/c1-3-5-26(33)42-19-17-38-41(37,39-18-20-43-27(34)6-4-2)28(29,30)22-10-7-21(8-11-22)9-16-25(32)40-24-14-12-23(13-15-24)31(35)36/h7-16H,3-6,17-20H2,1-2H3/b16-9+. The summed E-state index contributed by atoms with van der Waals surface area (Å²) in [5.74, 6) is -0.718. The number of halogens is 2. The summed E-state index contributed by atoms with van der Waals surface area (Å²) in [6.07, 6.45) is 4.24. The molecule has 0 spiro atoms. The minimum Gasteiger partial charge on any atom is -0.423 e. The van der Waals surface area contributed by atoms with Crippen molar-refractivity contribution in [2.24, 2.45) is 0 Å². The van der Waals surface area contributed by atoms with Gasteiger partial charge in [0.05, 0.1) is 18.1 Å². The van der Waals surface area contributed by atoms with Crippen molar-refractivity contribution < 1.29 is 46.4 Å². The quantitative estimate of drug-likeness (QED) is 0.0297. The summed E-state index contributed by atoms with van der Waals surface area (Å²) < 4.78 is 59.9. The van der Waals surface area contributed by atoms with Crippen molar-refractivity contribution in [1.82, 2.24) is 0 Å². The van der Waals surface area contributed by atoms with E-state index in [9.17, 15) is 29.1 Å². The molecule has 2 rings (SSSR count). The van der Waals surface area contributed by atoms with E-state index in [2.05, 4.69) is 0 Å². The highest BCUT2D eigenvalue weighted by molar-refractivity contribution is 8.13. The first-order chi connectivity index (χ1) is 20.4. The Balaban J connectivity index is 2.10. The molecule has 0 atom stereocenters. The Morgan fingerprint density at radius 1 is 0.907 bits per heavy atom. The first-order valence-corrected chi connectivity index (χ1v) is 16.8. The number of nitro benzene ring substituents is 1. The molecule has 0 fully saturated rings. The molecule has 0 heterocycles. The van der Waals surface area contributed by atoms with Gasteiger partial charge in [-0.3, -0.25) is 24.3 Å². The van der Waals surface area contributed by atoms with E-state index in [1.165, 1.54) is 42.5 Å². The Kier molecular flexibility index (Phi) is 15.2. The van der Waals surface area contributed by atoms with E-state index in [0.29, 0.717) is 31.2 Å². The average Bonchev–Trinajstić information content (AvgIpc) is 2.97. The summed E-state index contributed by atoms with van der Waals surface area (Å²) in [5, 5.41) is 10.4. The zero-order chi connectivity index (χ0) is 31.9. The third-order valence-corrected chi connectivity index (χ3v) is 9.19. The van der Waals surface area contributed by atoms with Gasteiger partial charge in [0, 0.05) is 48.1 Å². The number of benzene rings is 2. The molecular weight excluding hydrogens is 627 g/mol. The highest BCUT2D eigenvalue weighted by Gasteiger charge is 2.55. The second-order valence-corrected chi connectivity index (χ2v) is 13.2.